The van der Waals surface area contributed by atoms with Gasteiger partial charge in [0.25, 0.3) is 5.91 Å². The highest BCUT2D eigenvalue weighted by Crippen LogP contribution is 2.25. The van der Waals surface area contributed by atoms with Crippen LogP contribution in [0.1, 0.15) is 16.1 Å². The Kier molecular flexibility index (Phi) is 7.11. The summed E-state index contributed by atoms with van der Waals surface area (Å²) in [4.78, 5) is 18.7. The third kappa shape index (κ3) is 4.94. The molecule has 2 aromatic rings. The van der Waals surface area contributed by atoms with E-state index in [2.05, 4.69) is 10.3 Å². The number of aliphatic hydroxyl groups excluding tert-OH is 2. The highest BCUT2D eigenvalue weighted by Gasteiger charge is 2.45. The second-order valence-electron chi connectivity index (χ2n) is 7.00. The fourth-order valence-electron chi connectivity index (χ4n) is 3.56. The molecule has 4 atom stereocenters. The van der Waals surface area contributed by atoms with E-state index in [1.165, 1.54) is 0 Å². The van der Waals surface area contributed by atoms with Gasteiger partial charge in [-0.25, -0.2) is 0 Å². The smallest absolute Gasteiger partial charge is 0.251 e. The zero-order valence-corrected chi connectivity index (χ0v) is 15.9. The lowest BCUT2D eigenvalue weighted by Crippen LogP contribution is -2.50. The number of hydrogen-bond donors (Lipinski definition) is 3. The van der Waals surface area contributed by atoms with E-state index in [0.29, 0.717) is 12.1 Å². The van der Waals surface area contributed by atoms with Gasteiger partial charge in [0, 0.05) is 37.0 Å². The molecule has 7 nitrogen and oxygen atoms in total. The summed E-state index contributed by atoms with van der Waals surface area (Å²) >= 11 is 0. The average Bonchev–Trinajstić information content (AvgIpc) is 3.07. The lowest BCUT2D eigenvalue weighted by atomic mass is 10.0. The zero-order chi connectivity index (χ0) is 19.9. The molecule has 2 heterocycles. The zero-order valence-electron chi connectivity index (χ0n) is 15.9. The number of amides is 1. The quantitative estimate of drug-likeness (QED) is 0.612. The van der Waals surface area contributed by atoms with Crippen LogP contribution in [0.2, 0.25) is 0 Å². The summed E-state index contributed by atoms with van der Waals surface area (Å²) in [6.45, 7) is 0.651. The summed E-state index contributed by atoms with van der Waals surface area (Å²) in [5, 5.41) is 23.0. The standard InChI is InChI=1S/C21H27N3O4/c1-24(12-10-16-9-5-6-11-22-16)19-17(28-18(14-25)20(19)26)13-23-21(27)15-7-3-2-4-8-15/h2-9,11,17-20,25-26H,10,12-14H2,1H3,(H,23,27). The van der Waals surface area contributed by atoms with Crippen molar-refractivity contribution in [2.75, 3.05) is 26.7 Å². The average molecular weight is 385 g/mol. The van der Waals surface area contributed by atoms with Crippen molar-refractivity contribution in [1.82, 2.24) is 15.2 Å². The van der Waals surface area contributed by atoms with Gasteiger partial charge in [0.15, 0.2) is 0 Å². The predicted molar refractivity (Wildman–Crippen MR) is 105 cm³/mol. The molecule has 3 rings (SSSR count). The van der Waals surface area contributed by atoms with Crippen LogP contribution in [0.5, 0.6) is 0 Å². The normalized spacial score (nSPS) is 24.4. The lowest BCUT2D eigenvalue weighted by molar-refractivity contribution is -0.0209. The minimum Gasteiger partial charge on any atom is -0.394 e. The SMILES string of the molecule is CN(CCc1ccccn1)C1C(CNC(=O)c2ccccc2)OC(CO)C1O. The molecule has 0 spiro atoms. The molecule has 4 unspecified atom stereocenters. The van der Waals surface area contributed by atoms with E-state index < -0.39 is 18.3 Å². The Balaban J connectivity index is 1.61. The van der Waals surface area contributed by atoms with E-state index in [-0.39, 0.29) is 25.1 Å². The van der Waals surface area contributed by atoms with E-state index in [1.807, 2.05) is 36.2 Å². The third-order valence-electron chi connectivity index (χ3n) is 5.10. The Morgan fingerprint density at radius 1 is 1.18 bits per heavy atom. The number of benzene rings is 1. The highest BCUT2D eigenvalue weighted by molar-refractivity contribution is 5.94. The van der Waals surface area contributed by atoms with Gasteiger partial charge in [-0.3, -0.25) is 14.7 Å². The number of rotatable bonds is 8. The molecule has 1 aromatic carbocycles. The number of carbonyl (C=O) groups is 1. The molecule has 7 heteroatoms. The summed E-state index contributed by atoms with van der Waals surface area (Å²) in [7, 11) is 1.91. The van der Waals surface area contributed by atoms with Crippen LogP contribution in [-0.4, -0.2) is 77.1 Å². The number of ether oxygens (including phenoxy) is 1. The van der Waals surface area contributed by atoms with Gasteiger partial charge in [0.05, 0.1) is 18.8 Å². The van der Waals surface area contributed by atoms with E-state index in [9.17, 15) is 15.0 Å². The van der Waals surface area contributed by atoms with Gasteiger partial charge >= 0.3 is 0 Å². The summed E-state index contributed by atoms with van der Waals surface area (Å²) in [6.07, 6.45) is 0.562. The van der Waals surface area contributed by atoms with Gasteiger partial charge in [0.2, 0.25) is 0 Å². The number of carbonyl (C=O) groups excluding carboxylic acids is 1. The molecule has 150 valence electrons. The van der Waals surface area contributed by atoms with Crippen molar-refractivity contribution < 1.29 is 19.7 Å². The molecular weight excluding hydrogens is 358 g/mol. The van der Waals surface area contributed by atoms with Crippen molar-refractivity contribution in [2.24, 2.45) is 0 Å². The monoisotopic (exact) mass is 385 g/mol. The molecule has 0 aliphatic carbocycles. The Bertz CT molecular complexity index is 744. The van der Waals surface area contributed by atoms with Crippen LogP contribution in [0.3, 0.4) is 0 Å². The number of aromatic nitrogens is 1. The fraction of sp³-hybridized carbons (Fsp3) is 0.429. The minimum absolute atomic E-state index is 0.193. The van der Waals surface area contributed by atoms with Crippen molar-refractivity contribution in [2.45, 2.75) is 30.8 Å². The first kappa shape index (κ1) is 20.4. The second kappa shape index (κ2) is 9.75. The first-order valence-corrected chi connectivity index (χ1v) is 9.48. The topological polar surface area (TPSA) is 94.9 Å². The molecule has 1 fully saturated rings. The maximum absolute atomic E-state index is 12.3. The van der Waals surface area contributed by atoms with Crippen molar-refractivity contribution >= 4 is 5.91 Å². The summed E-state index contributed by atoms with van der Waals surface area (Å²) < 4.78 is 5.82. The van der Waals surface area contributed by atoms with E-state index in [0.717, 1.165) is 12.1 Å². The first-order valence-electron chi connectivity index (χ1n) is 9.48. The van der Waals surface area contributed by atoms with Gasteiger partial charge < -0.3 is 20.3 Å². The summed E-state index contributed by atoms with van der Waals surface area (Å²) in [6, 6.07) is 14.4. The van der Waals surface area contributed by atoms with E-state index in [4.69, 9.17) is 4.74 Å². The molecular formula is C21H27N3O4. The molecule has 28 heavy (non-hydrogen) atoms. The van der Waals surface area contributed by atoms with E-state index >= 15 is 0 Å². The molecule has 1 aliphatic heterocycles. The summed E-state index contributed by atoms with van der Waals surface area (Å²) in [5.74, 6) is -0.193. The molecule has 0 radical (unpaired) electrons. The number of aliphatic hydroxyl groups is 2. The largest absolute Gasteiger partial charge is 0.394 e. The third-order valence-corrected chi connectivity index (χ3v) is 5.10. The van der Waals surface area contributed by atoms with Gasteiger partial charge in [-0.1, -0.05) is 24.3 Å². The molecule has 0 bridgehead atoms. The fourth-order valence-corrected chi connectivity index (χ4v) is 3.56. The minimum atomic E-state index is -0.836. The molecule has 1 saturated heterocycles. The van der Waals surface area contributed by atoms with Gasteiger partial charge in [-0.2, -0.15) is 0 Å². The lowest BCUT2D eigenvalue weighted by Gasteiger charge is -2.30. The Labute approximate surface area is 165 Å². The van der Waals surface area contributed by atoms with Crippen molar-refractivity contribution in [3.05, 3.63) is 66.0 Å². The van der Waals surface area contributed by atoms with E-state index in [1.54, 1.807) is 30.5 Å². The highest BCUT2D eigenvalue weighted by atomic mass is 16.5. The molecule has 0 saturated carbocycles. The van der Waals surface area contributed by atoms with Crippen LogP contribution in [-0.2, 0) is 11.2 Å². The Morgan fingerprint density at radius 3 is 2.61 bits per heavy atom. The molecule has 1 aromatic heterocycles. The van der Waals surface area contributed by atoms with Crippen molar-refractivity contribution in [3.8, 4) is 0 Å². The Morgan fingerprint density at radius 2 is 1.93 bits per heavy atom. The van der Waals surface area contributed by atoms with Crippen LogP contribution in [0.25, 0.3) is 0 Å². The number of likely N-dealkylation sites (N-methyl/N-ethyl adjacent to an activating group) is 1. The van der Waals surface area contributed by atoms with Crippen LogP contribution < -0.4 is 5.32 Å². The van der Waals surface area contributed by atoms with Gasteiger partial charge in [0.1, 0.15) is 12.2 Å². The van der Waals surface area contributed by atoms with Crippen molar-refractivity contribution in [3.63, 3.8) is 0 Å². The van der Waals surface area contributed by atoms with Crippen LogP contribution in [0.4, 0.5) is 0 Å². The number of nitrogens with zero attached hydrogens (tertiary/aromatic N) is 2. The van der Waals surface area contributed by atoms with Crippen molar-refractivity contribution in [1.29, 1.82) is 0 Å². The van der Waals surface area contributed by atoms with Crippen LogP contribution in [0, 0.1) is 0 Å². The van der Waals surface area contributed by atoms with Gasteiger partial charge in [-0.15, -0.1) is 0 Å². The number of hydrogen-bond acceptors (Lipinski definition) is 6. The number of nitrogens with one attached hydrogen (secondary N) is 1. The Hall–Kier alpha value is -2.32. The van der Waals surface area contributed by atoms with Gasteiger partial charge in [-0.05, 0) is 31.3 Å². The maximum Gasteiger partial charge on any atom is 0.251 e. The molecule has 3 N–H and O–H groups in total. The van der Waals surface area contributed by atoms with Crippen LogP contribution in [0.15, 0.2) is 54.7 Å². The number of pyridine rings is 1. The first-order chi connectivity index (χ1) is 13.6. The maximum atomic E-state index is 12.3. The predicted octanol–water partition coefficient (Wildman–Crippen LogP) is 0.475. The van der Waals surface area contributed by atoms with Crippen LogP contribution >= 0.6 is 0 Å². The molecule has 1 aliphatic rings. The molecule has 1 amide bonds. The second-order valence-corrected chi connectivity index (χ2v) is 7.00. The summed E-state index contributed by atoms with van der Waals surface area (Å²) in [5.41, 5.74) is 1.54.